The minimum absolute atomic E-state index is 0.127. The van der Waals surface area contributed by atoms with E-state index in [1.807, 2.05) is 26.0 Å². The molecule has 0 fully saturated rings. The second-order valence-corrected chi connectivity index (χ2v) is 5.65. The van der Waals surface area contributed by atoms with E-state index in [9.17, 15) is 0 Å². The summed E-state index contributed by atoms with van der Waals surface area (Å²) >= 11 is 6.01. The van der Waals surface area contributed by atoms with E-state index in [1.54, 1.807) is 0 Å². The maximum Gasteiger partial charge on any atom is 0.161 e. The molecular weight excluding hydrogens is 248 g/mol. The lowest BCUT2D eigenvalue weighted by Crippen LogP contribution is -2.07. The maximum atomic E-state index is 6.01. The van der Waals surface area contributed by atoms with Crippen LogP contribution in [0.2, 0.25) is 0 Å². The Labute approximate surface area is 115 Å². The van der Waals surface area contributed by atoms with Gasteiger partial charge in [-0.25, -0.2) is 0 Å². The lowest BCUT2D eigenvalue weighted by atomic mass is 10.1. The molecule has 18 heavy (non-hydrogen) atoms. The number of hydrogen-bond acceptors (Lipinski definition) is 2. The number of hydrogen-bond donors (Lipinski definition) is 0. The fraction of sp³-hybridized carbons (Fsp3) is 0.600. The van der Waals surface area contributed by atoms with Crippen LogP contribution in [0.4, 0.5) is 0 Å². The van der Waals surface area contributed by atoms with Gasteiger partial charge in [-0.05, 0) is 43.9 Å². The molecule has 1 unspecified atom stereocenters. The van der Waals surface area contributed by atoms with Crippen molar-refractivity contribution in [3.05, 3.63) is 23.8 Å². The molecule has 1 aromatic carbocycles. The first-order chi connectivity index (χ1) is 8.52. The predicted octanol–water partition coefficient (Wildman–Crippen LogP) is 4.29. The third-order valence-electron chi connectivity index (χ3n) is 2.40. The molecule has 1 atom stereocenters. The van der Waals surface area contributed by atoms with E-state index in [2.05, 4.69) is 19.9 Å². The average molecular weight is 271 g/mol. The van der Waals surface area contributed by atoms with E-state index in [4.69, 9.17) is 21.1 Å². The number of halogens is 1. The molecule has 1 aromatic rings. The Morgan fingerprint density at radius 1 is 1.11 bits per heavy atom. The molecule has 0 spiro atoms. The third-order valence-corrected chi connectivity index (χ3v) is 2.55. The Morgan fingerprint density at radius 3 is 2.39 bits per heavy atom. The molecule has 0 amide bonds. The molecule has 0 saturated heterocycles. The number of ether oxygens (including phenoxy) is 2. The summed E-state index contributed by atoms with van der Waals surface area (Å²) in [6.45, 7) is 9.56. The van der Waals surface area contributed by atoms with Gasteiger partial charge in [0, 0.05) is 5.38 Å². The van der Waals surface area contributed by atoms with Crippen molar-refractivity contribution in [2.75, 3.05) is 13.2 Å². The van der Waals surface area contributed by atoms with Crippen molar-refractivity contribution >= 4 is 11.6 Å². The van der Waals surface area contributed by atoms with E-state index >= 15 is 0 Å². The minimum Gasteiger partial charge on any atom is -0.490 e. The molecule has 0 bridgehead atoms. The van der Waals surface area contributed by atoms with Gasteiger partial charge in [-0.1, -0.05) is 19.9 Å². The molecule has 0 saturated carbocycles. The number of alkyl halides is 1. The Kier molecular flexibility index (Phi) is 6.34. The first-order valence-corrected chi connectivity index (χ1v) is 6.99. The molecule has 0 aromatic heterocycles. The van der Waals surface area contributed by atoms with Crippen molar-refractivity contribution in [1.82, 2.24) is 0 Å². The first-order valence-electron chi connectivity index (χ1n) is 6.55. The molecule has 0 aliphatic carbocycles. The SMILES string of the molecule is CCOc1cc(CC(C)Cl)ccc1OCC(C)C. The average Bonchev–Trinajstić information content (AvgIpc) is 2.27. The van der Waals surface area contributed by atoms with Gasteiger partial charge in [0.15, 0.2) is 11.5 Å². The highest BCUT2D eigenvalue weighted by molar-refractivity contribution is 6.20. The summed E-state index contributed by atoms with van der Waals surface area (Å²) in [7, 11) is 0. The first kappa shape index (κ1) is 15.2. The van der Waals surface area contributed by atoms with Crippen LogP contribution in [0.25, 0.3) is 0 Å². The van der Waals surface area contributed by atoms with Crippen molar-refractivity contribution in [1.29, 1.82) is 0 Å². The second-order valence-electron chi connectivity index (χ2n) is 4.90. The lowest BCUT2D eigenvalue weighted by molar-refractivity contribution is 0.248. The zero-order valence-corrected chi connectivity index (χ0v) is 12.5. The zero-order chi connectivity index (χ0) is 13.5. The lowest BCUT2D eigenvalue weighted by Gasteiger charge is -2.15. The molecule has 2 nitrogen and oxygen atoms in total. The van der Waals surface area contributed by atoms with Crippen LogP contribution < -0.4 is 9.47 Å². The van der Waals surface area contributed by atoms with Gasteiger partial charge in [-0.2, -0.15) is 0 Å². The summed E-state index contributed by atoms with van der Waals surface area (Å²) in [5.41, 5.74) is 1.18. The quantitative estimate of drug-likeness (QED) is 0.688. The summed E-state index contributed by atoms with van der Waals surface area (Å²) in [5, 5.41) is 0.127. The highest BCUT2D eigenvalue weighted by Crippen LogP contribution is 2.29. The number of rotatable bonds is 7. The van der Waals surface area contributed by atoms with E-state index in [0.29, 0.717) is 19.1 Å². The van der Waals surface area contributed by atoms with E-state index < -0.39 is 0 Å². The van der Waals surface area contributed by atoms with Crippen LogP contribution >= 0.6 is 11.6 Å². The van der Waals surface area contributed by atoms with Gasteiger partial charge >= 0.3 is 0 Å². The molecular formula is C15H23ClO2. The van der Waals surface area contributed by atoms with Gasteiger partial charge in [-0.15, -0.1) is 11.6 Å². The molecule has 0 heterocycles. The Morgan fingerprint density at radius 2 is 1.83 bits per heavy atom. The van der Waals surface area contributed by atoms with Crippen LogP contribution in [-0.2, 0) is 6.42 Å². The third kappa shape index (κ3) is 5.18. The Balaban J connectivity index is 2.82. The summed E-state index contributed by atoms with van der Waals surface area (Å²) < 4.78 is 11.4. The molecule has 0 aliphatic rings. The Hall–Kier alpha value is -0.890. The zero-order valence-electron chi connectivity index (χ0n) is 11.7. The minimum atomic E-state index is 0.127. The maximum absolute atomic E-state index is 6.01. The normalized spacial score (nSPS) is 12.6. The van der Waals surface area contributed by atoms with Gasteiger partial charge in [0.1, 0.15) is 0 Å². The molecule has 0 N–H and O–H groups in total. The standard InChI is InChI=1S/C15H23ClO2/c1-5-17-15-9-13(8-12(4)16)6-7-14(15)18-10-11(2)3/h6-7,9,11-12H,5,8,10H2,1-4H3. The van der Waals surface area contributed by atoms with Crippen LogP contribution in [0.5, 0.6) is 11.5 Å². The van der Waals surface area contributed by atoms with Crippen molar-refractivity contribution < 1.29 is 9.47 Å². The van der Waals surface area contributed by atoms with E-state index in [1.165, 1.54) is 5.56 Å². The smallest absolute Gasteiger partial charge is 0.161 e. The molecule has 3 heteroatoms. The van der Waals surface area contributed by atoms with Gasteiger partial charge in [0.25, 0.3) is 0 Å². The topological polar surface area (TPSA) is 18.5 Å². The van der Waals surface area contributed by atoms with Crippen molar-refractivity contribution in [3.8, 4) is 11.5 Å². The largest absolute Gasteiger partial charge is 0.490 e. The van der Waals surface area contributed by atoms with Gasteiger partial charge in [-0.3, -0.25) is 0 Å². The summed E-state index contributed by atoms with van der Waals surface area (Å²) in [6, 6.07) is 6.05. The Bertz CT molecular complexity index is 362. The molecule has 102 valence electrons. The fourth-order valence-electron chi connectivity index (χ4n) is 1.65. The van der Waals surface area contributed by atoms with Crippen LogP contribution in [0, 0.1) is 5.92 Å². The van der Waals surface area contributed by atoms with E-state index in [-0.39, 0.29) is 5.38 Å². The van der Waals surface area contributed by atoms with Crippen LogP contribution in [0.1, 0.15) is 33.3 Å². The van der Waals surface area contributed by atoms with Gasteiger partial charge in [0.05, 0.1) is 13.2 Å². The van der Waals surface area contributed by atoms with Crippen molar-refractivity contribution in [2.45, 2.75) is 39.5 Å². The molecule has 0 radical (unpaired) electrons. The fourth-order valence-corrected chi connectivity index (χ4v) is 1.83. The van der Waals surface area contributed by atoms with E-state index in [0.717, 1.165) is 17.9 Å². The van der Waals surface area contributed by atoms with Crippen LogP contribution in [0.15, 0.2) is 18.2 Å². The summed E-state index contributed by atoms with van der Waals surface area (Å²) in [6.07, 6.45) is 0.839. The molecule has 0 aliphatic heterocycles. The molecule has 1 rings (SSSR count). The van der Waals surface area contributed by atoms with Gasteiger partial charge in [0.2, 0.25) is 0 Å². The number of benzene rings is 1. The highest BCUT2D eigenvalue weighted by atomic mass is 35.5. The summed E-state index contributed by atoms with van der Waals surface area (Å²) in [4.78, 5) is 0. The van der Waals surface area contributed by atoms with Gasteiger partial charge < -0.3 is 9.47 Å². The second kappa shape index (κ2) is 7.52. The van der Waals surface area contributed by atoms with Crippen molar-refractivity contribution in [2.24, 2.45) is 5.92 Å². The van der Waals surface area contributed by atoms with Crippen LogP contribution in [-0.4, -0.2) is 18.6 Å². The highest BCUT2D eigenvalue weighted by Gasteiger charge is 2.08. The summed E-state index contributed by atoms with van der Waals surface area (Å²) in [5.74, 6) is 2.13. The van der Waals surface area contributed by atoms with Crippen molar-refractivity contribution in [3.63, 3.8) is 0 Å². The predicted molar refractivity (Wildman–Crippen MR) is 77.0 cm³/mol. The monoisotopic (exact) mass is 270 g/mol. The van der Waals surface area contributed by atoms with Crippen LogP contribution in [0.3, 0.4) is 0 Å².